The second-order valence-corrected chi connectivity index (χ2v) is 7.40. The average Bonchev–Trinajstić information content (AvgIpc) is 3.19. The first kappa shape index (κ1) is 19.9. The summed E-state index contributed by atoms with van der Waals surface area (Å²) in [6, 6.07) is 26.3. The van der Waals surface area contributed by atoms with Crippen molar-refractivity contribution in [3.8, 4) is 11.5 Å². The van der Waals surface area contributed by atoms with E-state index in [1.807, 2.05) is 48.5 Å². The van der Waals surface area contributed by atoms with Crippen molar-refractivity contribution in [2.45, 2.75) is 12.0 Å². The molecule has 154 valence electrons. The van der Waals surface area contributed by atoms with Gasteiger partial charge in [0.25, 0.3) is 5.69 Å². The van der Waals surface area contributed by atoms with Gasteiger partial charge in [-0.25, -0.2) is 0 Å². The summed E-state index contributed by atoms with van der Waals surface area (Å²) >= 11 is 0. The van der Waals surface area contributed by atoms with E-state index in [0.29, 0.717) is 12.4 Å². The number of non-ortho nitro benzene ring substituents is 1. The molecule has 0 amide bonds. The Hall–Kier alpha value is -3.38. The highest BCUT2D eigenvalue weighted by atomic mass is 16.6. The van der Waals surface area contributed by atoms with Crippen LogP contribution >= 0.6 is 0 Å². The van der Waals surface area contributed by atoms with Crippen LogP contribution < -0.4 is 9.47 Å². The molecule has 1 atom stereocenters. The lowest BCUT2D eigenvalue weighted by Crippen LogP contribution is -2.37. The fourth-order valence-corrected chi connectivity index (χ4v) is 3.84. The van der Waals surface area contributed by atoms with Crippen LogP contribution in [0.15, 0.2) is 84.9 Å². The molecule has 1 fully saturated rings. The molecular formula is C24H24N2O4. The molecule has 1 aliphatic heterocycles. The Morgan fingerprint density at radius 1 is 0.900 bits per heavy atom. The summed E-state index contributed by atoms with van der Waals surface area (Å²) in [7, 11) is 0. The third kappa shape index (κ3) is 4.60. The van der Waals surface area contributed by atoms with E-state index in [0.717, 1.165) is 37.4 Å². The fourth-order valence-electron chi connectivity index (χ4n) is 3.84. The van der Waals surface area contributed by atoms with Crippen molar-refractivity contribution in [2.75, 3.05) is 26.2 Å². The third-order valence-corrected chi connectivity index (χ3v) is 5.39. The molecule has 3 aromatic carbocycles. The van der Waals surface area contributed by atoms with E-state index in [4.69, 9.17) is 9.47 Å². The maximum Gasteiger partial charge on any atom is 0.269 e. The van der Waals surface area contributed by atoms with E-state index in [1.54, 1.807) is 12.1 Å². The summed E-state index contributed by atoms with van der Waals surface area (Å²) in [5, 5.41) is 10.9. The molecule has 30 heavy (non-hydrogen) atoms. The summed E-state index contributed by atoms with van der Waals surface area (Å²) in [6.07, 6.45) is 0.833. The van der Waals surface area contributed by atoms with Gasteiger partial charge < -0.3 is 9.47 Å². The number of nitrogens with zero attached hydrogens (tertiary/aromatic N) is 2. The minimum atomic E-state index is -0.496. The number of hydrogen-bond acceptors (Lipinski definition) is 5. The van der Waals surface area contributed by atoms with Crippen LogP contribution in [-0.2, 0) is 5.60 Å². The monoisotopic (exact) mass is 404 g/mol. The van der Waals surface area contributed by atoms with Gasteiger partial charge in [0, 0.05) is 38.2 Å². The molecule has 1 unspecified atom stereocenters. The predicted molar refractivity (Wildman–Crippen MR) is 115 cm³/mol. The van der Waals surface area contributed by atoms with E-state index in [2.05, 4.69) is 17.0 Å². The number of nitro groups is 1. The molecule has 0 saturated carbocycles. The second-order valence-electron chi connectivity index (χ2n) is 7.40. The van der Waals surface area contributed by atoms with Crippen molar-refractivity contribution in [2.24, 2.45) is 0 Å². The van der Waals surface area contributed by atoms with Crippen molar-refractivity contribution in [1.82, 2.24) is 4.90 Å². The van der Waals surface area contributed by atoms with Crippen LogP contribution in [0, 0.1) is 10.1 Å². The Balaban J connectivity index is 1.46. The number of likely N-dealkylation sites (tertiary alicyclic amines) is 1. The number of rotatable bonds is 8. The zero-order valence-electron chi connectivity index (χ0n) is 16.6. The Bertz CT molecular complexity index is 964. The number of hydrogen-bond donors (Lipinski definition) is 0. The summed E-state index contributed by atoms with van der Waals surface area (Å²) in [6.45, 7) is 3.02. The lowest BCUT2D eigenvalue weighted by atomic mass is 9.92. The number of para-hydroxylation sites is 1. The zero-order chi connectivity index (χ0) is 20.8. The maximum absolute atomic E-state index is 10.9. The molecule has 0 aromatic heterocycles. The summed E-state index contributed by atoms with van der Waals surface area (Å²) in [5.74, 6) is 1.50. The molecule has 0 N–H and O–H groups in total. The van der Waals surface area contributed by atoms with Gasteiger partial charge in [0.15, 0.2) is 0 Å². The molecule has 6 heteroatoms. The molecule has 1 aliphatic rings. The topological polar surface area (TPSA) is 64.8 Å². The quantitative estimate of drug-likeness (QED) is 0.404. The van der Waals surface area contributed by atoms with Crippen LogP contribution in [0.25, 0.3) is 0 Å². The largest absolute Gasteiger partial charge is 0.492 e. The van der Waals surface area contributed by atoms with Gasteiger partial charge in [-0.2, -0.15) is 0 Å². The van der Waals surface area contributed by atoms with Crippen molar-refractivity contribution < 1.29 is 14.4 Å². The van der Waals surface area contributed by atoms with Crippen LogP contribution in [0.5, 0.6) is 11.5 Å². The standard InChI is InChI=1S/C24H24N2O4/c27-26(28)21-11-13-23(14-12-21)30-24(20-7-3-1-4-8-20)15-16-25(19-24)17-18-29-22-9-5-2-6-10-22/h1-14H,15-19H2. The van der Waals surface area contributed by atoms with E-state index in [9.17, 15) is 10.1 Å². The molecule has 0 radical (unpaired) electrons. The molecule has 0 bridgehead atoms. The van der Waals surface area contributed by atoms with Crippen LogP contribution in [0.2, 0.25) is 0 Å². The summed E-state index contributed by atoms with van der Waals surface area (Å²) in [4.78, 5) is 12.9. The highest BCUT2D eigenvalue weighted by molar-refractivity contribution is 5.37. The Kier molecular flexibility index (Phi) is 5.95. The number of nitro benzene ring substituents is 1. The molecule has 1 saturated heterocycles. The predicted octanol–water partition coefficient (Wildman–Crippen LogP) is 4.65. The van der Waals surface area contributed by atoms with Crippen LogP contribution in [0.4, 0.5) is 5.69 Å². The summed E-state index contributed by atoms with van der Waals surface area (Å²) < 4.78 is 12.3. The maximum atomic E-state index is 10.9. The van der Waals surface area contributed by atoms with Crippen molar-refractivity contribution >= 4 is 5.69 Å². The zero-order valence-corrected chi connectivity index (χ0v) is 16.6. The minimum Gasteiger partial charge on any atom is -0.492 e. The molecule has 3 aromatic rings. The fraction of sp³-hybridized carbons (Fsp3) is 0.250. The Morgan fingerprint density at radius 2 is 1.57 bits per heavy atom. The number of benzene rings is 3. The molecule has 6 nitrogen and oxygen atoms in total. The average molecular weight is 404 g/mol. The lowest BCUT2D eigenvalue weighted by Gasteiger charge is -2.31. The van der Waals surface area contributed by atoms with Gasteiger partial charge in [-0.15, -0.1) is 0 Å². The van der Waals surface area contributed by atoms with Gasteiger partial charge in [-0.3, -0.25) is 15.0 Å². The first-order chi connectivity index (χ1) is 14.6. The van der Waals surface area contributed by atoms with Crippen molar-refractivity contribution in [1.29, 1.82) is 0 Å². The van der Waals surface area contributed by atoms with E-state index in [1.165, 1.54) is 12.1 Å². The van der Waals surface area contributed by atoms with Gasteiger partial charge >= 0.3 is 0 Å². The van der Waals surface area contributed by atoms with E-state index >= 15 is 0 Å². The van der Waals surface area contributed by atoms with Gasteiger partial charge in [-0.1, -0.05) is 48.5 Å². The minimum absolute atomic E-state index is 0.0576. The smallest absolute Gasteiger partial charge is 0.269 e. The first-order valence-corrected chi connectivity index (χ1v) is 10.0. The highest BCUT2D eigenvalue weighted by Gasteiger charge is 2.41. The van der Waals surface area contributed by atoms with E-state index < -0.39 is 10.5 Å². The van der Waals surface area contributed by atoms with Gasteiger partial charge in [0.05, 0.1) is 4.92 Å². The normalized spacial score (nSPS) is 18.8. The van der Waals surface area contributed by atoms with Crippen molar-refractivity contribution in [3.05, 3.63) is 101 Å². The molecule has 4 rings (SSSR count). The molecular weight excluding hydrogens is 380 g/mol. The lowest BCUT2D eigenvalue weighted by molar-refractivity contribution is -0.384. The van der Waals surface area contributed by atoms with Crippen LogP contribution in [0.1, 0.15) is 12.0 Å². The Labute approximate surface area is 175 Å². The second kappa shape index (κ2) is 8.97. The van der Waals surface area contributed by atoms with Crippen LogP contribution in [0.3, 0.4) is 0 Å². The first-order valence-electron chi connectivity index (χ1n) is 10.0. The highest BCUT2D eigenvalue weighted by Crippen LogP contribution is 2.37. The van der Waals surface area contributed by atoms with Gasteiger partial charge in [-0.05, 0) is 29.8 Å². The SMILES string of the molecule is O=[N+]([O-])c1ccc(OC2(c3ccccc3)CCN(CCOc3ccccc3)C2)cc1. The Morgan fingerprint density at radius 3 is 2.23 bits per heavy atom. The summed E-state index contributed by atoms with van der Waals surface area (Å²) in [5.41, 5.74) is 0.668. The van der Waals surface area contributed by atoms with Gasteiger partial charge in [0.2, 0.25) is 0 Å². The van der Waals surface area contributed by atoms with E-state index in [-0.39, 0.29) is 5.69 Å². The number of ether oxygens (including phenoxy) is 2. The molecule has 0 aliphatic carbocycles. The third-order valence-electron chi connectivity index (χ3n) is 5.39. The van der Waals surface area contributed by atoms with Crippen molar-refractivity contribution in [3.63, 3.8) is 0 Å². The molecule has 1 heterocycles. The van der Waals surface area contributed by atoms with Gasteiger partial charge in [0.1, 0.15) is 23.7 Å². The van der Waals surface area contributed by atoms with Crippen LogP contribution in [-0.4, -0.2) is 36.1 Å². The molecule has 0 spiro atoms.